The average Bonchev–Trinajstić information content (AvgIpc) is 3.21. The fourth-order valence-electron chi connectivity index (χ4n) is 2.32. The lowest BCUT2D eigenvalue weighted by molar-refractivity contribution is -0.122. The van der Waals surface area contributed by atoms with Crippen LogP contribution in [-0.2, 0) is 16.0 Å². The smallest absolute Gasteiger partial charge is 0.257 e. The molecule has 0 aliphatic rings. The van der Waals surface area contributed by atoms with Crippen LogP contribution in [0.5, 0.6) is 5.75 Å². The van der Waals surface area contributed by atoms with E-state index in [0.717, 1.165) is 11.3 Å². The Balaban J connectivity index is 1.56. The largest absolute Gasteiger partial charge is 0.484 e. The van der Waals surface area contributed by atoms with Crippen molar-refractivity contribution in [2.45, 2.75) is 6.42 Å². The summed E-state index contributed by atoms with van der Waals surface area (Å²) in [5.74, 6) is 0.116. The molecule has 0 saturated carbocycles. The highest BCUT2D eigenvalue weighted by molar-refractivity contribution is 5.92. The number of anilines is 1. The van der Waals surface area contributed by atoms with Crippen molar-refractivity contribution in [3.05, 3.63) is 60.4 Å². The maximum absolute atomic E-state index is 12.3. The van der Waals surface area contributed by atoms with E-state index >= 15 is 0 Å². The molecule has 0 atom stereocenters. The number of carbonyl (C=O) groups is 2. The molecule has 0 aliphatic carbocycles. The molecule has 0 radical (unpaired) electrons. The minimum atomic E-state index is -0.227. The third-order valence-corrected chi connectivity index (χ3v) is 3.68. The zero-order valence-corrected chi connectivity index (χ0v) is 14.6. The number of ether oxygens (including phenoxy) is 1. The van der Waals surface area contributed by atoms with Crippen molar-refractivity contribution in [2.24, 2.45) is 0 Å². The highest BCUT2D eigenvalue weighted by Gasteiger charge is 2.07. The SMILES string of the molecule is CNC(=O)COc1cccc(NC(=O)Cc2ccc(-n3cnnn3)cc2)c1. The summed E-state index contributed by atoms with van der Waals surface area (Å²) in [4.78, 5) is 23.5. The number of hydrogen-bond donors (Lipinski definition) is 2. The molecule has 9 nitrogen and oxygen atoms in total. The van der Waals surface area contributed by atoms with Gasteiger partial charge in [0.2, 0.25) is 5.91 Å². The van der Waals surface area contributed by atoms with E-state index in [2.05, 4.69) is 26.2 Å². The second-order valence-electron chi connectivity index (χ2n) is 5.64. The van der Waals surface area contributed by atoms with E-state index in [9.17, 15) is 9.59 Å². The molecule has 9 heteroatoms. The lowest BCUT2D eigenvalue weighted by Crippen LogP contribution is -2.24. The highest BCUT2D eigenvalue weighted by atomic mass is 16.5. The molecule has 0 aliphatic heterocycles. The number of rotatable bonds is 7. The van der Waals surface area contributed by atoms with Crippen LogP contribution in [0.2, 0.25) is 0 Å². The van der Waals surface area contributed by atoms with Gasteiger partial charge in [-0.15, -0.1) is 5.10 Å². The molecule has 3 rings (SSSR count). The molecule has 2 amide bonds. The molecule has 0 unspecified atom stereocenters. The number of hydrogen-bond acceptors (Lipinski definition) is 6. The van der Waals surface area contributed by atoms with Crippen LogP contribution >= 0.6 is 0 Å². The second-order valence-corrected chi connectivity index (χ2v) is 5.64. The highest BCUT2D eigenvalue weighted by Crippen LogP contribution is 2.18. The normalized spacial score (nSPS) is 10.3. The third-order valence-electron chi connectivity index (χ3n) is 3.68. The van der Waals surface area contributed by atoms with Gasteiger partial charge in [0.1, 0.15) is 12.1 Å². The van der Waals surface area contributed by atoms with E-state index in [0.29, 0.717) is 11.4 Å². The Morgan fingerprint density at radius 1 is 1.11 bits per heavy atom. The van der Waals surface area contributed by atoms with Gasteiger partial charge in [-0.05, 0) is 40.3 Å². The van der Waals surface area contributed by atoms with Crippen LogP contribution in [0.3, 0.4) is 0 Å². The van der Waals surface area contributed by atoms with Crippen molar-refractivity contribution >= 4 is 17.5 Å². The van der Waals surface area contributed by atoms with Crippen LogP contribution < -0.4 is 15.4 Å². The molecular weight excluding hydrogens is 348 g/mol. The zero-order chi connectivity index (χ0) is 19.1. The molecule has 0 saturated heterocycles. The van der Waals surface area contributed by atoms with Gasteiger partial charge < -0.3 is 15.4 Å². The number of likely N-dealkylation sites (N-methyl/N-ethyl adjacent to an activating group) is 1. The Bertz CT molecular complexity index is 909. The van der Waals surface area contributed by atoms with Gasteiger partial charge in [0.05, 0.1) is 12.1 Å². The van der Waals surface area contributed by atoms with E-state index in [1.165, 1.54) is 18.1 Å². The Morgan fingerprint density at radius 2 is 1.93 bits per heavy atom. The van der Waals surface area contributed by atoms with Crippen LogP contribution in [0.15, 0.2) is 54.9 Å². The maximum Gasteiger partial charge on any atom is 0.257 e. The minimum absolute atomic E-state index is 0.0818. The van der Waals surface area contributed by atoms with Gasteiger partial charge in [-0.3, -0.25) is 9.59 Å². The zero-order valence-electron chi connectivity index (χ0n) is 14.6. The first kappa shape index (κ1) is 18.1. The van der Waals surface area contributed by atoms with Gasteiger partial charge in [-0.2, -0.15) is 0 Å². The van der Waals surface area contributed by atoms with Gasteiger partial charge in [0.25, 0.3) is 5.91 Å². The molecule has 2 aromatic carbocycles. The van der Waals surface area contributed by atoms with Crippen LogP contribution in [0.4, 0.5) is 5.69 Å². The van der Waals surface area contributed by atoms with Crippen LogP contribution in [0.25, 0.3) is 5.69 Å². The van der Waals surface area contributed by atoms with Crippen LogP contribution in [0.1, 0.15) is 5.56 Å². The standard InChI is InChI=1S/C18H18N6O3/c1-19-18(26)11-27-16-4-2-3-14(10-16)21-17(25)9-13-5-7-15(8-6-13)24-12-20-22-23-24/h2-8,10,12H,9,11H2,1H3,(H,19,26)(H,21,25). The first-order valence-corrected chi connectivity index (χ1v) is 8.19. The minimum Gasteiger partial charge on any atom is -0.484 e. The molecule has 138 valence electrons. The van der Waals surface area contributed by atoms with Gasteiger partial charge >= 0.3 is 0 Å². The number of amides is 2. The Morgan fingerprint density at radius 3 is 2.63 bits per heavy atom. The summed E-state index contributed by atoms with van der Waals surface area (Å²) in [6.07, 6.45) is 1.72. The predicted molar refractivity (Wildman–Crippen MR) is 97.5 cm³/mol. The molecule has 1 heterocycles. The summed E-state index contributed by atoms with van der Waals surface area (Å²) in [6.45, 7) is -0.0818. The van der Waals surface area contributed by atoms with E-state index in [4.69, 9.17) is 4.74 Å². The molecule has 2 N–H and O–H groups in total. The summed E-state index contributed by atoms with van der Waals surface area (Å²) >= 11 is 0. The maximum atomic E-state index is 12.3. The van der Waals surface area contributed by atoms with E-state index in [1.54, 1.807) is 24.3 Å². The molecular formula is C18H18N6O3. The molecule has 0 bridgehead atoms. The first-order chi connectivity index (χ1) is 13.1. The summed E-state index contributed by atoms with van der Waals surface area (Å²) in [5, 5.41) is 16.3. The van der Waals surface area contributed by atoms with Crippen LogP contribution in [-0.4, -0.2) is 45.7 Å². The van der Waals surface area contributed by atoms with Crippen molar-refractivity contribution in [1.82, 2.24) is 25.5 Å². The topological polar surface area (TPSA) is 111 Å². The third kappa shape index (κ3) is 5.11. The fraction of sp³-hybridized carbons (Fsp3) is 0.167. The van der Waals surface area contributed by atoms with Crippen molar-refractivity contribution in [2.75, 3.05) is 19.0 Å². The number of carbonyl (C=O) groups excluding carboxylic acids is 2. The molecule has 0 spiro atoms. The summed E-state index contributed by atoms with van der Waals surface area (Å²) in [5.41, 5.74) is 2.26. The van der Waals surface area contributed by atoms with E-state index in [1.807, 2.05) is 24.3 Å². The summed E-state index contributed by atoms with van der Waals surface area (Å²) < 4.78 is 6.90. The van der Waals surface area contributed by atoms with Gasteiger partial charge in [-0.25, -0.2) is 4.68 Å². The lowest BCUT2D eigenvalue weighted by Gasteiger charge is -2.09. The summed E-state index contributed by atoms with van der Waals surface area (Å²) in [6, 6.07) is 14.3. The number of tetrazole rings is 1. The Kier molecular flexibility index (Phi) is 5.73. The number of benzene rings is 2. The van der Waals surface area contributed by atoms with Crippen molar-refractivity contribution in [3.63, 3.8) is 0 Å². The average molecular weight is 366 g/mol. The number of nitrogens with zero attached hydrogens (tertiary/aromatic N) is 4. The van der Waals surface area contributed by atoms with Gasteiger partial charge in [0.15, 0.2) is 6.61 Å². The number of nitrogens with one attached hydrogen (secondary N) is 2. The first-order valence-electron chi connectivity index (χ1n) is 8.19. The monoisotopic (exact) mass is 366 g/mol. The molecule has 27 heavy (non-hydrogen) atoms. The van der Waals surface area contributed by atoms with Crippen molar-refractivity contribution < 1.29 is 14.3 Å². The Labute approximate surface area is 155 Å². The number of aromatic nitrogens is 4. The van der Waals surface area contributed by atoms with Gasteiger partial charge in [0, 0.05) is 18.8 Å². The quantitative estimate of drug-likeness (QED) is 0.644. The lowest BCUT2D eigenvalue weighted by atomic mass is 10.1. The molecule has 3 aromatic rings. The molecule has 1 aromatic heterocycles. The predicted octanol–water partition coefficient (Wildman–Crippen LogP) is 0.968. The van der Waals surface area contributed by atoms with Crippen LogP contribution in [0, 0.1) is 0 Å². The fourth-order valence-corrected chi connectivity index (χ4v) is 2.32. The van der Waals surface area contributed by atoms with Crippen molar-refractivity contribution in [1.29, 1.82) is 0 Å². The molecule has 0 fully saturated rings. The van der Waals surface area contributed by atoms with E-state index < -0.39 is 0 Å². The second kappa shape index (κ2) is 8.56. The van der Waals surface area contributed by atoms with Gasteiger partial charge in [-0.1, -0.05) is 18.2 Å². The summed E-state index contributed by atoms with van der Waals surface area (Å²) in [7, 11) is 1.54. The van der Waals surface area contributed by atoms with E-state index in [-0.39, 0.29) is 24.8 Å². The Hall–Kier alpha value is -3.75. The van der Waals surface area contributed by atoms with Crippen molar-refractivity contribution in [3.8, 4) is 11.4 Å².